The molecule has 0 fully saturated rings. The molecule has 1 aromatic rings. The van der Waals surface area contributed by atoms with Crippen LogP contribution in [0.15, 0.2) is 18.5 Å². The molecule has 1 heteroatoms. The van der Waals surface area contributed by atoms with E-state index in [4.69, 9.17) is 0 Å². The fourth-order valence-electron chi connectivity index (χ4n) is 1.62. The van der Waals surface area contributed by atoms with Gasteiger partial charge in [-0.1, -0.05) is 19.8 Å². The maximum absolute atomic E-state index is 2.25. The van der Waals surface area contributed by atoms with Crippen LogP contribution >= 0.6 is 0 Å². The van der Waals surface area contributed by atoms with Gasteiger partial charge in [0, 0.05) is 11.6 Å². The maximum atomic E-state index is 2.25. The first kappa shape index (κ1) is 10.2. The number of unbranched alkanes of at least 4 members (excludes halogenated alkanes) is 2. The Kier molecular flexibility index (Phi) is 3.94. The van der Waals surface area contributed by atoms with Crippen LogP contribution in [0.3, 0.4) is 0 Å². The lowest BCUT2D eigenvalue weighted by molar-refractivity contribution is -0.671. The Labute approximate surface area is 81.4 Å². The molecule has 1 heterocycles. The van der Waals surface area contributed by atoms with Crippen molar-refractivity contribution in [2.24, 2.45) is 7.05 Å². The zero-order valence-electron chi connectivity index (χ0n) is 9.01. The molecule has 0 saturated heterocycles. The van der Waals surface area contributed by atoms with E-state index in [9.17, 15) is 0 Å². The Morgan fingerprint density at radius 2 is 2.08 bits per heavy atom. The van der Waals surface area contributed by atoms with Crippen LogP contribution in [-0.2, 0) is 13.5 Å². The molecule has 0 bridgehead atoms. The van der Waals surface area contributed by atoms with Crippen LogP contribution in [-0.4, -0.2) is 0 Å². The van der Waals surface area contributed by atoms with Crippen LogP contribution in [0.25, 0.3) is 0 Å². The largest absolute Gasteiger partial charge is 0.208 e. The van der Waals surface area contributed by atoms with Crippen LogP contribution in [0.1, 0.15) is 37.3 Å². The molecular weight excluding hydrogens is 158 g/mol. The SMILES string of the molecule is CCCCCc1cc[n+](C)cc1C. The quantitative estimate of drug-likeness (QED) is 0.493. The third kappa shape index (κ3) is 3.17. The topological polar surface area (TPSA) is 3.88 Å². The molecule has 0 aromatic carbocycles. The van der Waals surface area contributed by atoms with Crippen LogP contribution < -0.4 is 4.57 Å². The highest BCUT2D eigenvalue weighted by Gasteiger charge is 2.01. The fraction of sp³-hybridized carbons (Fsp3) is 0.583. The first-order valence-corrected chi connectivity index (χ1v) is 5.18. The fourth-order valence-corrected chi connectivity index (χ4v) is 1.62. The van der Waals surface area contributed by atoms with E-state index in [0.717, 1.165) is 0 Å². The van der Waals surface area contributed by atoms with E-state index in [-0.39, 0.29) is 0 Å². The summed E-state index contributed by atoms with van der Waals surface area (Å²) >= 11 is 0. The number of hydrogen-bond acceptors (Lipinski definition) is 0. The monoisotopic (exact) mass is 178 g/mol. The molecule has 13 heavy (non-hydrogen) atoms. The molecule has 1 aromatic heterocycles. The van der Waals surface area contributed by atoms with Gasteiger partial charge in [0.15, 0.2) is 12.4 Å². The van der Waals surface area contributed by atoms with Crippen molar-refractivity contribution < 1.29 is 4.57 Å². The minimum absolute atomic E-state index is 1.24. The first-order chi connectivity index (χ1) is 6.24. The number of aromatic nitrogens is 1. The number of hydrogen-bond donors (Lipinski definition) is 0. The van der Waals surface area contributed by atoms with E-state index in [0.29, 0.717) is 0 Å². The lowest BCUT2D eigenvalue weighted by Crippen LogP contribution is -2.27. The highest BCUT2D eigenvalue weighted by Crippen LogP contribution is 2.09. The zero-order chi connectivity index (χ0) is 9.68. The molecule has 0 N–H and O–H groups in total. The summed E-state index contributed by atoms with van der Waals surface area (Å²) in [6.07, 6.45) is 9.54. The highest BCUT2D eigenvalue weighted by molar-refractivity contribution is 5.19. The van der Waals surface area contributed by atoms with Gasteiger partial charge in [-0.05, 0) is 25.3 Å². The first-order valence-electron chi connectivity index (χ1n) is 5.18. The van der Waals surface area contributed by atoms with Gasteiger partial charge in [-0.3, -0.25) is 0 Å². The molecule has 0 saturated carbocycles. The molecule has 0 radical (unpaired) electrons. The van der Waals surface area contributed by atoms with Gasteiger partial charge in [-0.2, -0.15) is 0 Å². The summed E-state index contributed by atoms with van der Waals surface area (Å²) in [6.45, 7) is 4.44. The van der Waals surface area contributed by atoms with E-state index in [1.807, 2.05) is 0 Å². The summed E-state index contributed by atoms with van der Waals surface area (Å²) in [5.74, 6) is 0. The smallest absolute Gasteiger partial charge is 0.171 e. The molecule has 1 rings (SSSR count). The third-order valence-corrected chi connectivity index (χ3v) is 2.46. The zero-order valence-corrected chi connectivity index (χ0v) is 9.01. The molecule has 0 aliphatic heterocycles. The second-order valence-electron chi connectivity index (χ2n) is 3.78. The minimum Gasteiger partial charge on any atom is -0.208 e. The molecule has 0 spiro atoms. The van der Waals surface area contributed by atoms with Crippen molar-refractivity contribution in [1.29, 1.82) is 0 Å². The van der Waals surface area contributed by atoms with Gasteiger partial charge in [-0.25, -0.2) is 4.57 Å². The number of nitrogens with zero attached hydrogens (tertiary/aromatic N) is 1. The van der Waals surface area contributed by atoms with Crippen LogP contribution in [0.2, 0.25) is 0 Å². The average Bonchev–Trinajstić information content (AvgIpc) is 2.09. The molecular formula is C12H20N+. The predicted molar refractivity (Wildman–Crippen MR) is 55.6 cm³/mol. The predicted octanol–water partition coefficient (Wildman–Crippen LogP) is 2.55. The van der Waals surface area contributed by atoms with E-state index < -0.39 is 0 Å². The lowest BCUT2D eigenvalue weighted by atomic mass is 10.0. The van der Waals surface area contributed by atoms with Gasteiger partial charge < -0.3 is 0 Å². The second kappa shape index (κ2) is 5.00. The summed E-state index contributed by atoms with van der Waals surface area (Å²) in [6, 6.07) is 2.24. The Morgan fingerprint density at radius 1 is 1.31 bits per heavy atom. The summed E-state index contributed by atoms with van der Waals surface area (Å²) < 4.78 is 2.11. The van der Waals surface area contributed by atoms with Crippen LogP contribution in [0.5, 0.6) is 0 Å². The van der Waals surface area contributed by atoms with E-state index in [2.05, 4.69) is 43.9 Å². The number of pyridine rings is 1. The summed E-state index contributed by atoms with van der Waals surface area (Å²) in [7, 11) is 2.07. The normalized spacial score (nSPS) is 10.4. The molecule has 0 atom stereocenters. The molecule has 0 aliphatic carbocycles. The van der Waals surface area contributed by atoms with Gasteiger partial charge in [-0.15, -0.1) is 0 Å². The molecule has 0 amide bonds. The van der Waals surface area contributed by atoms with Crippen molar-refractivity contribution in [1.82, 2.24) is 0 Å². The van der Waals surface area contributed by atoms with Gasteiger partial charge in [0.05, 0.1) is 0 Å². The Balaban J connectivity index is 2.56. The second-order valence-corrected chi connectivity index (χ2v) is 3.78. The maximum Gasteiger partial charge on any atom is 0.171 e. The number of aryl methyl sites for hydroxylation is 3. The minimum atomic E-state index is 1.24. The average molecular weight is 178 g/mol. The lowest BCUT2D eigenvalue weighted by Gasteiger charge is -2.02. The van der Waals surface area contributed by atoms with Gasteiger partial charge in [0.1, 0.15) is 7.05 Å². The summed E-state index contributed by atoms with van der Waals surface area (Å²) in [5, 5.41) is 0. The third-order valence-electron chi connectivity index (χ3n) is 2.46. The van der Waals surface area contributed by atoms with Crippen molar-refractivity contribution in [2.45, 2.75) is 39.5 Å². The number of rotatable bonds is 4. The standard InChI is InChI=1S/C12H20N/c1-4-5-6-7-12-8-9-13(3)10-11(12)2/h8-10H,4-7H2,1-3H3/q+1. The van der Waals surface area contributed by atoms with Gasteiger partial charge in [0.25, 0.3) is 0 Å². The van der Waals surface area contributed by atoms with E-state index >= 15 is 0 Å². The van der Waals surface area contributed by atoms with E-state index in [1.54, 1.807) is 0 Å². The van der Waals surface area contributed by atoms with Gasteiger partial charge >= 0.3 is 0 Å². The van der Waals surface area contributed by atoms with Crippen molar-refractivity contribution in [3.8, 4) is 0 Å². The molecule has 0 aliphatic rings. The van der Waals surface area contributed by atoms with Crippen molar-refractivity contribution >= 4 is 0 Å². The molecule has 1 nitrogen and oxygen atoms in total. The molecule has 0 unspecified atom stereocenters. The van der Waals surface area contributed by atoms with Crippen LogP contribution in [0, 0.1) is 6.92 Å². The molecule has 72 valence electrons. The summed E-state index contributed by atoms with van der Waals surface area (Å²) in [5.41, 5.74) is 2.92. The van der Waals surface area contributed by atoms with Crippen molar-refractivity contribution in [3.05, 3.63) is 29.6 Å². The Bertz CT molecular complexity index is 266. The highest BCUT2D eigenvalue weighted by atomic mass is 14.9. The van der Waals surface area contributed by atoms with Crippen LogP contribution in [0.4, 0.5) is 0 Å². The van der Waals surface area contributed by atoms with Crippen molar-refractivity contribution in [2.75, 3.05) is 0 Å². The Morgan fingerprint density at radius 3 is 2.69 bits per heavy atom. The van der Waals surface area contributed by atoms with Gasteiger partial charge in [0.2, 0.25) is 0 Å². The van der Waals surface area contributed by atoms with Crippen molar-refractivity contribution in [3.63, 3.8) is 0 Å². The summed E-state index contributed by atoms with van der Waals surface area (Å²) in [4.78, 5) is 0. The Hall–Kier alpha value is -0.850. The van der Waals surface area contributed by atoms with E-state index in [1.165, 1.54) is 36.8 Å².